The van der Waals surface area contributed by atoms with E-state index < -0.39 is 0 Å². The Hall–Kier alpha value is -0.900. The van der Waals surface area contributed by atoms with Gasteiger partial charge in [-0.25, -0.2) is 0 Å². The van der Waals surface area contributed by atoms with Crippen LogP contribution in [0.3, 0.4) is 0 Å². The first-order chi connectivity index (χ1) is 7.58. The molecule has 1 unspecified atom stereocenters. The number of carbonyl (C=O) groups is 2. The fourth-order valence-electron chi connectivity index (χ4n) is 1.97. The van der Waals surface area contributed by atoms with Crippen LogP contribution in [0.5, 0.6) is 0 Å². The second kappa shape index (κ2) is 5.99. The van der Waals surface area contributed by atoms with Gasteiger partial charge in [0.25, 0.3) is 0 Å². The quantitative estimate of drug-likeness (QED) is 0.711. The normalized spacial score (nSPS) is 22.2. The minimum Gasteiger partial charge on any atom is -0.345 e. The fourth-order valence-corrected chi connectivity index (χ4v) is 1.97. The summed E-state index contributed by atoms with van der Waals surface area (Å²) in [4.78, 5) is 27.1. The van der Waals surface area contributed by atoms with Gasteiger partial charge in [-0.3, -0.25) is 14.5 Å². The van der Waals surface area contributed by atoms with Crippen molar-refractivity contribution >= 4 is 11.7 Å². The number of rotatable bonds is 4. The lowest BCUT2D eigenvalue weighted by Crippen LogP contribution is -2.45. The van der Waals surface area contributed by atoms with Gasteiger partial charge in [0.2, 0.25) is 5.91 Å². The number of piperidine rings is 1. The van der Waals surface area contributed by atoms with Crippen molar-refractivity contribution < 1.29 is 9.59 Å². The van der Waals surface area contributed by atoms with Crippen molar-refractivity contribution in [3.8, 4) is 0 Å². The molecule has 0 N–H and O–H groups in total. The summed E-state index contributed by atoms with van der Waals surface area (Å²) < 4.78 is 0. The molecule has 0 bridgehead atoms. The molecule has 1 amide bonds. The Kier molecular flexibility index (Phi) is 4.93. The molecule has 0 spiro atoms. The molecule has 1 rings (SSSR count). The highest BCUT2D eigenvalue weighted by atomic mass is 16.2. The lowest BCUT2D eigenvalue weighted by atomic mass is 9.94. The second-order valence-corrected chi connectivity index (χ2v) is 4.46. The smallest absolute Gasteiger partial charge is 0.236 e. The molecule has 0 aliphatic carbocycles. The molecule has 1 aliphatic rings. The molecule has 1 fully saturated rings. The Balaban J connectivity index is 2.44. The van der Waals surface area contributed by atoms with E-state index in [9.17, 15) is 9.59 Å². The van der Waals surface area contributed by atoms with Crippen molar-refractivity contribution in [3.05, 3.63) is 0 Å². The third-order valence-corrected chi connectivity index (χ3v) is 3.36. The molecule has 4 nitrogen and oxygen atoms in total. The van der Waals surface area contributed by atoms with Crippen LogP contribution < -0.4 is 0 Å². The van der Waals surface area contributed by atoms with Crippen molar-refractivity contribution in [2.45, 2.75) is 26.7 Å². The van der Waals surface area contributed by atoms with Crippen molar-refractivity contribution in [3.63, 3.8) is 0 Å². The third kappa shape index (κ3) is 3.30. The summed E-state index contributed by atoms with van der Waals surface area (Å²) in [6.07, 6.45) is 1.48. The van der Waals surface area contributed by atoms with Gasteiger partial charge in [0, 0.05) is 39.0 Å². The maximum atomic E-state index is 11.7. The third-order valence-electron chi connectivity index (χ3n) is 3.36. The van der Waals surface area contributed by atoms with Crippen molar-refractivity contribution in [1.82, 2.24) is 9.80 Å². The van der Waals surface area contributed by atoms with Gasteiger partial charge in [0.1, 0.15) is 5.78 Å². The van der Waals surface area contributed by atoms with E-state index in [-0.39, 0.29) is 11.8 Å². The summed E-state index contributed by atoms with van der Waals surface area (Å²) in [5.74, 6) is 0.634. The highest BCUT2D eigenvalue weighted by Gasteiger charge is 2.27. The Bertz CT molecular complexity index is 266. The second-order valence-electron chi connectivity index (χ2n) is 4.46. The van der Waals surface area contributed by atoms with Crippen LogP contribution in [0, 0.1) is 5.92 Å². The number of carbonyl (C=O) groups excluding carboxylic acids is 2. The molecule has 92 valence electrons. The summed E-state index contributed by atoms with van der Waals surface area (Å²) in [7, 11) is 1.81. The molecule has 1 aliphatic heterocycles. The number of nitrogens with zero attached hydrogens (tertiary/aromatic N) is 2. The lowest BCUT2D eigenvalue weighted by molar-refractivity contribution is -0.134. The van der Waals surface area contributed by atoms with Crippen LogP contribution >= 0.6 is 0 Å². The zero-order valence-electron chi connectivity index (χ0n) is 10.5. The summed E-state index contributed by atoms with van der Waals surface area (Å²) in [5.41, 5.74) is 0. The van der Waals surface area contributed by atoms with Gasteiger partial charge in [-0.2, -0.15) is 0 Å². The average Bonchev–Trinajstić information content (AvgIpc) is 2.30. The van der Waals surface area contributed by atoms with E-state index in [2.05, 4.69) is 4.90 Å². The van der Waals surface area contributed by atoms with Crippen molar-refractivity contribution in [1.29, 1.82) is 0 Å². The molecule has 1 atom stereocenters. The van der Waals surface area contributed by atoms with Crippen molar-refractivity contribution in [2.75, 3.05) is 33.2 Å². The van der Waals surface area contributed by atoms with Gasteiger partial charge in [0.15, 0.2) is 0 Å². The van der Waals surface area contributed by atoms with E-state index in [1.54, 1.807) is 4.90 Å². The molecular formula is C12H22N2O2. The van der Waals surface area contributed by atoms with E-state index >= 15 is 0 Å². The fraction of sp³-hybridized carbons (Fsp3) is 0.833. The van der Waals surface area contributed by atoms with Crippen molar-refractivity contribution in [2.24, 2.45) is 5.92 Å². The van der Waals surface area contributed by atoms with Crippen LogP contribution in [-0.2, 0) is 9.59 Å². The standard InChI is InChI=1S/C12H22N2O2/c1-4-10-8-14(7-6-11(10)15)9-12(16)13(3)5-2/h10H,4-9H2,1-3H3. The van der Waals surface area contributed by atoms with Crippen LogP contribution in [-0.4, -0.2) is 54.7 Å². The first kappa shape index (κ1) is 13.2. The minimum atomic E-state index is 0.133. The van der Waals surface area contributed by atoms with Gasteiger partial charge in [0.05, 0.1) is 6.54 Å². The van der Waals surface area contributed by atoms with Gasteiger partial charge in [-0.05, 0) is 13.3 Å². The molecule has 0 aromatic rings. The van der Waals surface area contributed by atoms with Gasteiger partial charge >= 0.3 is 0 Å². The van der Waals surface area contributed by atoms with Gasteiger partial charge in [-0.15, -0.1) is 0 Å². The Morgan fingerprint density at radius 1 is 1.50 bits per heavy atom. The minimum absolute atomic E-state index is 0.133. The van der Waals surface area contributed by atoms with Gasteiger partial charge in [-0.1, -0.05) is 6.92 Å². The summed E-state index contributed by atoms with van der Waals surface area (Å²) in [5, 5.41) is 0. The number of amides is 1. The Morgan fingerprint density at radius 3 is 2.75 bits per heavy atom. The summed E-state index contributed by atoms with van der Waals surface area (Å²) in [6.45, 7) is 6.67. The zero-order chi connectivity index (χ0) is 12.1. The molecule has 0 aromatic carbocycles. The maximum absolute atomic E-state index is 11.7. The predicted molar refractivity (Wildman–Crippen MR) is 63.2 cm³/mol. The lowest BCUT2D eigenvalue weighted by Gasteiger charge is -2.31. The number of ketones is 1. The molecule has 0 radical (unpaired) electrons. The van der Waals surface area contributed by atoms with Crippen LogP contribution in [0.4, 0.5) is 0 Å². The molecule has 0 aromatic heterocycles. The van der Waals surface area contributed by atoms with Crippen LogP contribution in [0.15, 0.2) is 0 Å². The Labute approximate surface area is 97.6 Å². The maximum Gasteiger partial charge on any atom is 0.236 e. The first-order valence-electron chi connectivity index (χ1n) is 6.07. The topological polar surface area (TPSA) is 40.6 Å². The first-order valence-corrected chi connectivity index (χ1v) is 6.07. The van der Waals surface area contributed by atoms with E-state index in [0.717, 1.165) is 26.1 Å². The predicted octanol–water partition coefficient (Wildman–Crippen LogP) is 0.766. The zero-order valence-corrected chi connectivity index (χ0v) is 10.5. The van der Waals surface area contributed by atoms with Crippen LogP contribution in [0.2, 0.25) is 0 Å². The van der Waals surface area contributed by atoms with E-state index in [0.29, 0.717) is 18.7 Å². The highest BCUT2D eigenvalue weighted by molar-refractivity contribution is 5.83. The van der Waals surface area contributed by atoms with E-state index in [1.807, 2.05) is 20.9 Å². The monoisotopic (exact) mass is 226 g/mol. The highest BCUT2D eigenvalue weighted by Crippen LogP contribution is 2.15. The molecule has 16 heavy (non-hydrogen) atoms. The number of hydrogen-bond acceptors (Lipinski definition) is 3. The molecule has 1 heterocycles. The molecular weight excluding hydrogens is 204 g/mol. The van der Waals surface area contributed by atoms with E-state index in [1.165, 1.54) is 0 Å². The summed E-state index contributed by atoms with van der Waals surface area (Å²) in [6, 6.07) is 0. The number of Topliss-reactive ketones (excluding diaryl/α,β-unsaturated/α-hetero) is 1. The SMILES string of the molecule is CCC1CN(CC(=O)N(C)CC)CCC1=O. The summed E-state index contributed by atoms with van der Waals surface area (Å²) >= 11 is 0. The molecule has 0 saturated carbocycles. The van der Waals surface area contributed by atoms with E-state index in [4.69, 9.17) is 0 Å². The van der Waals surface area contributed by atoms with Gasteiger partial charge < -0.3 is 4.90 Å². The number of likely N-dealkylation sites (tertiary alicyclic amines) is 1. The molecule has 4 heteroatoms. The number of likely N-dealkylation sites (N-methyl/N-ethyl adjacent to an activating group) is 1. The average molecular weight is 226 g/mol. The molecule has 1 saturated heterocycles. The number of hydrogen-bond donors (Lipinski definition) is 0. The largest absolute Gasteiger partial charge is 0.345 e. The Morgan fingerprint density at radius 2 is 2.19 bits per heavy atom. The van der Waals surface area contributed by atoms with Crippen LogP contribution in [0.25, 0.3) is 0 Å². The van der Waals surface area contributed by atoms with Crippen LogP contribution in [0.1, 0.15) is 26.7 Å².